The third-order valence-electron chi connectivity index (χ3n) is 5.96. The zero-order chi connectivity index (χ0) is 23.9. The van der Waals surface area contributed by atoms with E-state index in [1.165, 1.54) is 27.4 Å². The van der Waals surface area contributed by atoms with Crippen molar-refractivity contribution in [1.82, 2.24) is 4.90 Å². The number of ether oxygens (including phenoxy) is 2. The third-order valence-corrected chi connectivity index (χ3v) is 5.96. The topological polar surface area (TPSA) is 63.0 Å². The fourth-order valence-corrected chi connectivity index (χ4v) is 4.20. The molecular weight excluding hydrogens is 557 g/mol. The van der Waals surface area contributed by atoms with E-state index in [-0.39, 0.29) is 24.0 Å². The van der Waals surface area contributed by atoms with Crippen LogP contribution in [-0.4, -0.2) is 43.9 Å². The number of hydrogen-bond donors (Lipinski definition) is 0. The van der Waals surface area contributed by atoms with Crippen molar-refractivity contribution in [3.63, 3.8) is 0 Å². The number of aryl methyl sites for hydroxylation is 3. The van der Waals surface area contributed by atoms with Crippen molar-refractivity contribution in [2.75, 3.05) is 31.8 Å². The molecule has 0 unspecified atom stereocenters. The molecule has 0 bridgehead atoms. The van der Waals surface area contributed by atoms with E-state index in [0.29, 0.717) is 12.1 Å². The van der Waals surface area contributed by atoms with Crippen molar-refractivity contribution >= 4 is 23.4 Å². The number of rotatable bonds is 7. The predicted octanol–water partition coefficient (Wildman–Crippen LogP) is 1.02. The number of esters is 1. The molecule has 0 saturated carbocycles. The van der Waals surface area contributed by atoms with Crippen molar-refractivity contribution in [1.29, 1.82) is 0 Å². The van der Waals surface area contributed by atoms with Gasteiger partial charge in [-0.25, -0.2) is 14.2 Å². The molecule has 2 aromatic carbocycles. The second-order valence-electron chi connectivity index (χ2n) is 8.40. The van der Waals surface area contributed by atoms with Gasteiger partial charge in [0.1, 0.15) is 12.6 Å². The molecule has 0 spiro atoms. The Morgan fingerprint density at radius 2 is 1.57 bits per heavy atom. The molecule has 1 aliphatic rings. The molecule has 1 aromatic heterocycles. The average Bonchev–Trinajstić information content (AvgIpc) is 3.01. The van der Waals surface area contributed by atoms with Crippen LogP contribution >= 0.6 is 0 Å². The van der Waals surface area contributed by atoms with Gasteiger partial charge in [0.05, 0.1) is 0 Å². The summed E-state index contributed by atoms with van der Waals surface area (Å²) in [6.07, 6.45) is 5.72. The summed E-state index contributed by atoms with van der Waals surface area (Å²) in [5.74, 6) is -0.537. The Kier molecular flexibility index (Phi) is 9.47. The minimum atomic E-state index is -0.537. The van der Waals surface area contributed by atoms with Crippen molar-refractivity contribution in [2.24, 2.45) is 7.05 Å². The summed E-state index contributed by atoms with van der Waals surface area (Å²) in [7, 11) is 3.50. The van der Waals surface area contributed by atoms with Crippen LogP contribution in [-0.2, 0) is 29.4 Å². The van der Waals surface area contributed by atoms with E-state index in [9.17, 15) is 9.59 Å². The molecule has 1 aliphatic heterocycles. The SMILES string of the molecule is CN(CCCN1c2ccccc2CCc2ccccc21)C(=O)OCOC(=O)c1ccc[n+](C)c1.[I-]. The molecule has 0 atom stereocenters. The summed E-state index contributed by atoms with van der Waals surface area (Å²) in [5.41, 5.74) is 5.51. The minimum absolute atomic E-state index is 0. The number of amides is 1. The Bertz CT molecular complexity index is 1120. The summed E-state index contributed by atoms with van der Waals surface area (Å²) in [6.45, 7) is 0.862. The summed E-state index contributed by atoms with van der Waals surface area (Å²) >= 11 is 0. The van der Waals surface area contributed by atoms with Crippen molar-refractivity contribution in [3.8, 4) is 0 Å². The van der Waals surface area contributed by atoms with Crippen LogP contribution in [0.25, 0.3) is 0 Å². The smallest absolute Gasteiger partial charge is 0.412 e. The molecule has 2 heterocycles. The molecule has 3 aromatic rings. The van der Waals surface area contributed by atoms with Gasteiger partial charge in [0.2, 0.25) is 6.79 Å². The standard InChI is InChI=1S/C27H30N3O4.HI/c1-28-16-7-11-23(19-28)26(31)33-20-34-27(32)29(2)17-8-18-30-24-12-5-3-9-21(24)14-15-22-10-4-6-13-25(22)30;/h3-7,9-13,16,19H,8,14-15,17-18,20H2,1-2H3;1H/q+1;/p-1. The van der Waals surface area contributed by atoms with E-state index in [1.807, 2.05) is 13.2 Å². The van der Waals surface area contributed by atoms with Gasteiger partial charge in [-0.3, -0.25) is 0 Å². The number of fused-ring (bicyclic) bond motifs is 2. The molecule has 0 radical (unpaired) electrons. The average molecular weight is 587 g/mol. The molecule has 7 nitrogen and oxygen atoms in total. The van der Waals surface area contributed by atoms with Gasteiger partial charge in [-0.2, -0.15) is 0 Å². The lowest BCUT2D eigenvalue weighted by molar-refractivity contribution is -0.671. The number of carbonyl (C=O) groups excluding carboxylic acids is 2. The number of carbonyl (C=O) groups is 2. The van der Waals surface area contributed by atoms with Crippen LogP contribution in [0.1, 0.15) is 27.9 Å². The highest BCUT2D eigenvalue weighted by Crippen LogP contribution is 2.35. The van der Waals surface area contributed by atoms with E-state index in [1.54, 1.807) is 29.9 Å². The molecule has 1 amide bonds. The minimum Gasteiger partial charge on any atom is -1.00 e. The fourth-order valence-electron chi connectivity index (χ4n) is 4.20. The number of para-hydroxylation sites is 2. The molecule has 4 rings (SSSR count). The van der Waals surface area contributed by atoms with Gasteiger partial charge in [-0.05, 0) is 48.6 Å². The second kappa shape index (κ2) is 12.5. The number of anilines is 2. The highest BCUT2D eigenvalue weighted by atomic mass is 127. The molecule has 0 saturated heterocycles. The first-order valence-corrected chi connectivity index (χ1v) is 11.5. The van der Waals surface area contributed by atoms with Crippen LogP contribution < -0.4 is 33.4 Å². The highest BCUT2D eigenvalue weighted by molar-refractivity contribution is 5.88. The third kappa shape index (κ3) is 6.72. The van der Waals surface area contributed by atoms with Crippen LogP contribution in [0.2, 0.25) is 0 Å². The second-order valence-corrected chi connectivity index (χ2v) is 8.40. The first-order chi connectivity index (χ1) is 16.5. The summed E-state index contributed by atoms with van der Waals surface area (Å²) < 4.78 is 11.9. The summed E-state index contributed by atoms with van der Waals surface area (Å²) in [4.78, 5) is 28.3. The molecule has 8 heteroatoms. The first kappa shape index (κ1) is 26.5. The quantitative estimate of drug-likeness (QED) is 0.179. The van der Waals surface area contributed by atoms with Crippen LogP contribution in [0, 0.1) is 0 Å². The van der Waals surface area contributed by atoms with Gasteiger partial charge in [0, 0.05) is 37.6 Å². The van der Waals surface area contributed by atoms with Gasteiger partial charge in [0.25, 0.3) is 0 Å². The van der Waals surface area contributed by atoms with Crippen molar-refractivity contribution in [3.05, 3.63) is 89.7 Å². The van der Waals surface area contributed by atoms with Crippen molar-refractivity contribution < 1.29 is 47.6 Å². The van der Waals surface area contributed by atoms with Crippen LogP contribution in [0.5, 0.6) is 0 Å². The van der Waals surface area contributed by atoms with E-state index in [2.05, 4.69) is 53.4 Å². The lowest BCUT2D eigenvalue weighted by Gasteiger charge is -2.28. The number of nitrogens with zero attached hydrogens (tertiary/aromatic N) is 3. The van der Waals surface area contributed by atoms with Crippen LogP contribution in [0.3, 0.4) is 0 Å². The molecule has 35 heavy (non-hydrogen) atoms. The van der Waals surface area contributed by atoms with Crippen LogP contribution in [0.15, 0.2) is 73.1 Å². The molecule has 184 valence electrons. The Morgan fingerprint density at radius 3 is 2.20 bits per heavy atom. The lowest BCUT2D eigenvalue weighted by atomic mass is 10.0. The fraction of sp³-hybridized carbons (Fsp3) is 0.296. The zero-order valence-corrected chi connectivity index (χ0v) is 22.2. The Hall–Kier alpha value is -3.14. The molecular formula is C27H30IN3O4. The van der Waals surface area contributed by atoms with Gasteiger partial charge in [0.15, 0.2) is 12.4 Å². The Labute approximate surface area is 223 Å². The monoisotopic (exact) mass is 587 g/mol. The number of pyridine rings is 1. The van der Waals surface area contributed by atoms with E-state index in [4.69, 9.17) is 9.47 Å². The molecule has 0 aliphatic carbocycles. The van der Waals surface area contributed by atoms with Gasteiger partial charge < -0.3 is 43.3 Å². The number of aromatic nitrogens is 1. The maximum atomic E-state index is 12.3. The number of benzene rings is 2. The maximum absolute atomic E-state index is 12.3. The van der Waals surface area contributed by atoms with Gasteiger partial charge >= 0.3 is 12.1 Å². The number of halogens is 1. The zero-order valence-electron chi connectivity index (χ0n) is 20.0. The Morgan fingerprint density at radius 1 is 0.943 bits per heavy atom. The molecule has 0 N–H and O–H groups in total. The van der Waals surface area contributed by atoms with E-state index < -0.39 is 18.9 Å². The maximum Gasteiger partial charge on any atom is 0.412 e. The highest BCUT2D eigenvalue weighted by Gasteiger charge is 2.20. The first-order valence-electron chi connectivity index (χ1n) is 11.5. The Balaban J connectivity index is 0.00000342. The lowest BCUT2D eigenvalue weighted by Crippen LogP contribution is -3.00. The molecule has 0 fully saturated rings. The van der Waals surface area contributed by atoms with E-state index in [0.717, 1.165) is 25.8 Å². The van der Waals surface area contributed by atoms with Crippen LogP contribution in [0.4, 0.5) is 16.2 Å². The van der Waals surface area contributed by atoms with Crippen molar-refractivity contribution in [2.45, 2.75) is 19.3 Å². The number of hydrogen-bond acceptors (Lipinski definition) is 5. The largest absolute Gasteiger partial charge is 1.00 e. The summed E-state index contributed by atoms with van der Waals surface area (Å²) in [5, 5.41) is 0. The van der Waals surface area contributed by atoms with E-state index >= 15 is 0 Å². The normalized spacial score (nSPS) is 11.9. The van der Waals surface area contributed by atoms with Gasteiger partial charge in [-0.15, -0.1) is 0 Å². The van der Waals surface area contributed by atoms with Gasteiger partial charge in [-0.1, -0.05) is 36.4 Å². The summed E-state index contributed by atoms with van der Waals surface area (Å²) in [6, 6.07) is 20.4. The predicted molar refractivity (Wildman–Crippen MR) is 129 cm³/mol.